The average Bonchev–Trinajstić information content (AvgIpc) is 1.19. The lowest BCUT2D eigenvalue weighted by atomic mass is 10.0. The van der Waals surface area contributed by atoms with E-state index >= 15 is 0 Å². The SMILES string of the molecule is CCCCCCCCCCCCCCCCCCCCCCCCC(=O)O[C@H](COC(=O)CCCCCCCCCCCCCCCCC(C)C)COP(=O)(O)OC[C@@H](O)COP(=O)(O)OC[C@@H](COC(=O)CCCCCCCCC(C)C)OC(=O)CCCCCCCCC(C)C. The van der Waals surface area contributed by atoms with Crippen molar-refractivity contribution in [3.05, 3.63) is 0 Å². The lowest BCUT2D eigenvalue weighted by Gasteiger charge is -2.21. The van der Waals surface area contributed by atoms with Crippen molar-refractivity contribution in [2.45, 2.75) is 420 Å². The van der Waals surface area contributed by atoms with Crippen LogP contribution in [0.3, 0.4) is 0 Å². The van der Waals surface area contributed by atoms with Gasteiger partial charge in [-0.25, -0.2) is 9.13 Å². The maximum Gasteiger partial charge on any atom is 0.472 e. The van der Waals surface area contributed by atoms with Crippen LogP contribution >= 0.6 is 15.6 Å². The first-order valence-corrected chi connectivity index (χ1v) is 43.3. The highest BCUT2D eigenvalue weighted by Crippen LogP contribution is 2.45. The summed E-state index contributed by atoms with van der Waals surface area (Å²) in [6, 6.07) is 0. The fourth-order valence-electron chi connectivity index (χ4n) is 12.0. The van der Waals surface area contributed by atoms with Gasteiger partial charge in [-0.05, 0) is 43.4 Å². The molecule has 3 N–H and O–H groups in total. The van der Waals surface area contributed by atoms with Gasteiger partial charge in [-0.1, -0.05) is 350 Å². The third-order valence-corrected chi connectivity index (χ3v) is 20.0. The molecule has 0 aromatic rings. The lowest BCUT2D eigenvalue weighted by molar-refractivity contribution is -0.161. The van der Waals surface area contributed by atoms with E-state index in [0.29, 0.717) is 37.5 Å². The Kier molecular flexibility index (Phi) is 67.1. The number of carbonyl (C=O) groups is 4. The number of hydrogen-bond donors (Lipinski definition) is 3. The average molecular weight is 1420 g/mol. The number of rotatable bonds is 76. The van der Waals surface area contributed by atoms with Crippen LogP contribution in [0, 0.1) is 17.8 Å². The van der Waals surface area contributed by atoms with Crippen molar-refractivity contribution in [2.75, 3.05) is 39.6 Å². The molecule has 0 heterocycles. The fraction of sp³-hybridized carbons (Fsp3) is 0.949. The number of aliphatic hydroxyl groups is 1. The number of carbonyl (C=O) groups excluding carboxylic acids is 4. The van der Waals surface area contributed by atoms with E-state index in [9.17, 15) is 43.2 Å². The molecule has 97 heavy (non-hydrogen) atoms. The van der Waals surface area contributed by atoms with Gasteiger partial charge in [0.05, 0.1) is 26.4 Å². The van der Waals surface area contributed by atoms with Crippen LogP contribution in [0.4, 0.5) is 0 Å². The number of phosphoric acid groups is 2. The molecule has 0 aliphatic heterocycles. The predicted octanol–water partition coefficient (Wildman–Crippen LogP) is 23.0. The summed E-state index contributed by atoms with van der Waals surface area (Å²) in [5.74, 6) is 0.0235. The Morgan fingerprint density at radius 3 is 0.701 bits per heavy atom. The van der Waals surface area contributed by atoms with Crippen molar-refractivity contribution in [3.8, 4) is 0 Å². The van der Waals surface area contributed by atoms with Gasteiger partial charge in [-0.3, -0.25) is 37.3 Å². The number of ether oxygens (including phenoxy) is 4. The Labute approximate surface area is 594 Å². The van der Waals surface area contributed by atoms with Crippen LogP contribution in [-0.2, 0) is 65.4 Å². The summed E-state index contributed by atoms with van der Waals surface area (Å²) in [5, 5.41) is 10.6. The van der Waals surface area contributed by atoms with E-state index in [1.54, 1.807) is 0 Å². The summed E-state index contributed by atoms with van der Waals surface area (Å²) in [4.78, 5) is 72.7. The molecule has 0 saturated heterocycles. The number of aliphatic hydroxyl groups excluding tert-OH is 1. The minimum Gasteiger partial charge on any atom is -0.462 e. The molecule has 0 aliphatic rings. The Bertz CT molecular complexity index is 1890. The zero-order valence-corrected chi connectivity index (χ0v) is 65.3. The normalized spacial score (nSPS) is 14.0. The summed E-state index contributed by atoms with van der Waals surface area (Å²) < 4.78 is 68.5. The Morgan fingerprint density at radius 1 is 0.278 bits per heavy atom. The highest BCUT2D eigenvalue weighted by Gasteiger charge is 2.30. The van der Waals surface area contributed by atoms with Gasteiger partial charge in [-0.15, -0.1) is 0 Å². The zero-order valence-electron chi connectivity index (χ0n) is 63.5. The van der Waals surface area contributed by atoms with Crippen LogP contribution in [0.25, 0.3) is 0 Å². The summed E-state index contributed by atoms with van der Waals surface area (Å²) in [6.45, 7) is 11.7. The number of unbranched alkanes of at least 4 members (excludes halogenated alkanes) is 44. The number of hydrogen-bond acceptors (Lipinski definition) is 15. The van der Waals surface area contributed by atoms with E-state index in [2.05, 4.69) is 48.5 Å². The molecule has 0 aliphatic carbocycles. The summed E-state index contributed by atoms with van der Waals surface area (Å²) >= 11 is 0. The van der Waals surface area contributed by atoms with Crippen LogP contribution in [0.2, 0.25) is 0 Å². The third kappa shape index (κ3) is 72.2. The van der Waals surface area contributed by atoms with Crippen molar-refractivity contribution < 1.29 is 80.2 Å². The third-order valence-electron chi connectivity index (χ3n) is 18.1. The van der Waals surface area contributed by atoms with E-state index in [4.69, 9.17) is 37.0 Å². The molecule has 0 aromatic heterocycles. The second-order valence-corrected chi connectivity index (χ2v) is 32.4. The molecule has 17 nitrogen and oxygen atoms in total. The molecule has 5 atom stereocenters. The molecule has 0 amide bonds. The number of esters is 4. The molecule has 0 fully saturated rings. The molecule has 0 saturated carbocycles. The van der Waals surface area contributed by atoms with Gasteiger partial charge >= 0.3 is 39.5 Å². The van der Waals surface area contributed by atoms with Crippen LogP contribution in [0.15, 0.2) is 0 Å². The molecular weight excluding hydrogens is 1270 g/mol. The second-order valence-electron chi connectivity index (χ2n) is 29.5. The van der Waals surface area contributed by atoms with Crippen molar-refractivity contribution in [1.29, 1.82) is 0 Å². The molecule has 576 valence electrons. The topological polar surface area (TPSA) is 237 Å². The Morgan fingerprint density at radius 2 is 0.474 bits per heavy atom. The monoisotopic (exact) mass is 1420 g/mol. The van der Waals surface area contributed by atoms with E-state index in [1.165, 1.54) is 205 Å². The molecule has 0 radical (unpaired) electrons. The van der Waals surface area contributed by atoms with E-state index in [1.807, 2.05) is 0 Å². The van der Waals surface area contributed by atoms with Gasteiger partial charge in [0.1, 0.15) is 19.3 Å². The molecule has 0 bridgehead atoms. The number of phosphoric ester groups is 2. The van der Waals surface area contributed by atoms with Gasteiger partial charge in [0.2, 0.25) is 0 Å². The first kappa shape index (κ1) is 95.1. The van der Waals surface area contributed by atoms with E-state index in [-0.39, 0.29) is 25.7 Å². The lowest BCUT2D eigenvalue weighted by Crippen LogP contribution is -2.30. The zero-order chi connectivity index (χ0) is 71.6. The highest BCUT2D eigenvalue weighted by molar-refractivity contribution is 7.47. The van der Waals surface area contributed by atoms with Gasteiger partial charge < -0.3 is 33.8 Å². The molecular formula is C78H152O17P2. The summed E-state index contributed by atoms with van der Waals surface area (Å²) in [6.07, 6.45) is 56.1. The molecule has 0 rings (SSSR count). The minimum absolute atomic E-state index is 0.101. The van der Waals surface area contributed by atoms with Crippen molar-refractivity contribution >= 4 is 39.5 Å². The van der Waals surface area contributed by atoms with Crippen LogP contribution in [0.5, 0.6) is 0 Å². The van der Waals surface area contributed by atoms with Crippen LogP contribution in [-0.4, -0.2) is 96.7 Å². The van der Waals surface area contributed by atoms with Crippen LogP contribution in [0.1, 0.15) is 402 Å². The van der Waals surface area contributed by atoms with Gasteiger partial charge in [0.15, 0.2) is 12.2 Å². The molecule has 2 unspecified atom stereocenters. The Balaban J connectivity index is 5.16. The molecule has 0 spiro atoms. The van der Waals surface area contributed by atoms with Crippen molar-refractivity contribution in [2.24, 2.45) is 17.8 Å². The molecule has 19 heteroatoms. The highest BCUT2D eigenvalue weighted by atomic mass is 31.2. The van der Waals surface area contributed by atoms with Gasteiger partial charge in [-0.2, -0.15) is 0 Å². The maximum absolute atomic E-state index is 13.1. The van der Waals surface area contributed by atoms with Crippen molar-refractivity contribution in [1.82, 2.24) is 0 Å². The summed E-state index contributed by atoms with van der Waals surface area (Å²) in [5.41, 5.74) is 0. The standard InChI is InChI=1S/C78H152O17P2/c1-8-9-10-11-12-13-14-15-16-17-18-19-20-21-22-23-28-31-34-37-47-54-61-77(82)94-73(65-88-75(80)59-52-45-36-33-30-27-25-24-26-29-32-35-42-49-56-69(2)3)67-92-96(84,85)90-63-72(79)64-91-97(86,87)93-68-74(95-78(83)62-55-48-41-39-44-51-58-71(6)7)66-89-76(81)60-53-46-40-38-43-50-57-70(4)5/h69-74,79H,8-68H2,1-7H3,(H,84,85)(H,86,87)/t72-,73-,74-/m1/s1. The quantitative estimate of drug-likeness (QED) is 0.0222. The van der Waals surface area contributed by atoms with E-state index in [0.717, 1.165) is 102 Å². The first-order chi connectivity index (χ1) is 46.7. The van der Waals surface area contributed by atoms with Gasteiger partial charge in [0, 0.05) is 25.7 Å². The fourth-order valence-corrected chi connectivity index (χ4v) is 13.5. The molecule has 0 aromatic carbocycles. The smallest absolute Gasteiger partial charge is 0.462 e. The second kappa shape index (κ2) is 68.5. The minimum atomic E-state index is -4.96. The first-order valence-electron chi connectivity index (χ1n) is 40.3. The maximum atomic E-state index is 13.1. The predicted molar refractivity (Wildman–Crippen MR) is 395 cm³/mol. The Hall–Kier alpha value is -1.94. The van der Waals surface area contributed by atoms with Crippen LogP contribution < -0.4 is 0 Å². The van der Waals surface area contributed by atoms with E-state index < -0.39 is 97.5 Å². The van der Waals surface area contributed by atoms with Gasteiger partial charge in [0.25, 0.3) is 0 Å². The van der Waals surface area contributed by atoms with Crippen molar-refractivity contribution in [3.63, 3.8) is 0 Å². The largest absolute Gasteiger partial charge is 0.472 e. The summed E-state index contributed by atoms with van der Waals surface area (Å²) in [7, 11) is -9.91.